The molecule has 0 saturated carbocycles. The summed E-state index contributed by atoms with van der Waals surface area (Å²) >= 11 is 5.93. The predicted octanol–water partition coefficient (Wildman–Crippen LogP) is -0.159. The van der Waals surface area contributed by atoms with Gasteiger partial charge >= 0.3 is 7.62 Å². The van der Waals surface area contributed by atoms with E-state index >= 15 is 0 Å². The van der Waals surface area contributed by atoms with E-state index in [1.54, 1.807) is 14.7 Å². The molecule has 0 aromatic rings. The highest BCUT2D eigenvalue weighted by Crippen LogP contribution is 2.21. The molecular formula is C6H12BClNO2. The molecule has 0 aliphatic carbocycles. The maximum atomic E-state index is 8.93. The second kappa shape index (κ2) is 4.31. The standard InChI is InChI=1S/C6H12BClNO2/c1-11-7-9-3-2-5(8)6(9)4-10/h5-6,10H,2-4H2,1H3. The van der Waals surface area contributed by atoms with Crippen molar-refractivity contribution in [2.75, 3.05) is 20.3 Å². The Morgan fingerprint density at radius 3 is 3.09 bits per heavy atom. The third kappa shape index (κ3) is 2.09. The van der Waals surface area contributed by atoms with Crippen LogP contribution in [0.15, 0.2) is 0 Å². The fraction of sp³-hybridized carbons (Fsp3) is 1.00. The number of nitrogens with zero attached hydrogens (tertiary/aromatic N) is 1. The molecule has 1 radical (unpaired) electrons. The van der Waals surface area contributed by atoms with Gasteiger partial charge in [-0.3, -0.25) is 0 Å². The fourth-order valence-electron chi connectivity index (χ4n) is 1.32. The molecule has 1 rings (SSSR count). The lowest BCUT2D eigenvalue weighted by molar-refractivity contribution is 0.203. The maximum absolute atomic E-state index is 8.93. The van der Waals surface area contributed by atoms with E-state index in [-0.39, 0.29) is 18.0 Å². The molecule has 5 heteroatoms. The molecule has 2 unspecified atom stereocenters. The average molecular weight is 176 g/mol. The van der Waals surface area contributed by atoms with Gasteiger partial charge in [-0.2, -0.15) is 0 Å². The zero-order valence-corrected chi connectivity index (χ0v) is 7.29. The number of hydrogen-bond donors (Lipinski definition) is 1. The molecule has 63 valence electrons. The van der Waals surface area contributed by atoms with E-state index < -0.39 is 0 Å². The molecule has 1 aliphatic rings. The summed E-state index contributed by atoms with van der Waals surface area (Å²) in [6.45, 7) is 0.960. The van der Waals surface area contributed by atoms with Crippen LogP contribution in [0.25, 0.3) is 0 Å². The zero-order valence-electron chi connectivity index (χ0n) is 6.53. The Hall–Kier alpha value is 0.235. The predicted molar refractivity (Wildman–Crippen MR) is 44.6 cm³/mol. The molecule has 2 atom stereocenters. The van der Waals surface area contributed by atoms with Crippen molar-refractivity contribution < 1.29 is 9.76 Å². The number of aliphatic hydroxyl groups excluding tert-OH is 1. The average Bonchev–Trinajstić information content (AvgIpc) is 2.33. The summed E-state index contributed by atoms with van der Waals surface area (Å²) in [7, 11) is 3.21. The topological polar surface area (TPSA) is 32.7 Å². The highest BCUT2D eigenvalue weighted by Gasteiger charge is 2.32. The van der Waals surface area contributed by atoms with Crippen LogP contribution < -0.4 is 0 Å². The molecule has 1 heterocycles. The minimum atomic E-state index is 0.0246. The molecule has 0 bridgehead atoms. The van der Waals surface area contributed by atoms with Crippen molar-refractivity contribution in [2.24, 2.45) is 0 Å². The second-order valence-corrected chi connectivity index (χ2v) is 3.19. The molecule has 0 aromatic carbocycles. The molecule has 0 aromatic heterocycles. The van der Waals surface area contributed by atoms with Crippen molar-refractivity contribution in [3.63, 3.8) is 0 Å². The van der Waals surface area contributed by atoms with Crippen molar-refractivity contribution in [1.29, 1.82) is 0 Å². The van der Waals surface area contributed by atoms with Crippen molar-refractivity contribution >= 4 is 19.2 Å². The van der Waals surface area contributed by atoms with Gasteiger partial charge in [-0.1, -0.05) is 0 Å². The minimum absolute atomic E-state index is 0.0246. The molecular weight excluding hydrogens is 164 g/mol. The van der Waals surface area contributed by atoms with Gasteiger partial charge < -0.3 is 14.6 Å². The lowest BCUT2D eigenvalue weighted by Gasteiger charge is -2.21. The van der Waals surface area contributed by atoms with E-state index in [1.165, 1.54) is 0 Å². The maximum Gasteiger partial charge on any atom is 0.398 e. The van der Waals surface area contributed by atoms with E-state index in [0.29, 0.717) is 0 Å². The zero-order chi connectivity index (χ0) is 8.27. The van der Waals surface area contributed by atoms with E-state index in [4.69, 9.17) is 21.4 Å². The Balaban J connectivity index is 2.40. The normalized spacial score (nSPS) is 32.6. The molecule has 1 fully saturated rings. The van der Waals surface area contributed by atoms with Gasteiger partial charge in [0.15, 0.2) is 0 Å². The molecule has 3 nitrogen and oxygen atoms in total. The third-order valence-corrected chi connectivity index (χ3v) is 2.44. The van der Waals surface area contributed by atoms with Crippen molar-refractivity contribution in [3.8, 4) is 0 Å². The van der Waals surface area contributed by atoms with Crippen molar-refractivity contribution in [2.45, 2.75) is 17.8 Å². The minimum Gasteiger partial charge on any atom is -0.427 e. The van der Waals surface area contributed by atoms with Gasteiger partial charge in [0.25, 0.3) is 0 Å². The van der Waals surface area contributed by atoms with E-state index in [1.807, 2.05) is 4.81 Å². The molecule has 0 spiro atoms. The van der Waals surface area contributed by atoms with Crippen LogP contribution in [0.3, 0.4) is 0 Å². The van der Waals surface area contributed by atoms with E-state index in [0.717, 1.165) is 13.0 Å². The molecule has 1 N–H and O–H groups in total. The highest BCUT2D eigenvalue weighted by molar-refractivity contribution is 6.25. The summed E-state index contributed by atoms with van der Waals surface area (Å²) in [5.74, 6) is 0. The van der Waals surface area contributed by atoms with Crippen LogP contribution in [0.1, 0.15) is 6.42 Å². The molecule has 1 saturated heterocycles. The van der Waals surface area contributed by atoms with Gasteiger partial charge in [-0.15, -0.1) is 11.6 Å². The monoisotopic (exact) mass is 176 g/mol. The van der Waals surface area contributed by atoms with Gasteiger partial charge in [0.2, 0.25) is 0 Å². The van der Waals surface area contributed by atoms with Gasteiger partial charge in [0, 0.05) is 13.2 Å². The summed E-state index contributed by atoms with van der Waals surface area (Å²) in [5, 5.41) is 8.98. The van der Waals surface area contributed by atoms with Gasteiger partial charge in [-0.05, 0) is 13.0 Å². The van der Waals surface area contributed by atoms with Crippen LogP contribution in [0.5, 0.6) is 0 Å². The number of hydrogen-bond acceptors (Lipinski definition) is 3. The largest absolute Gasteiger partial charge is 0.427 e. The first-order valence-electron chi connectivity index (χ1n) is 3.66. The van der Waals surface area contributed by atoms with Crippen LogP contribution >= 0.6 is 11.6 Å². The van der Waals surface area contributed by atoms with Crippen LogP contribution in [0, 0.1) is 0 Å². The lowest BCUT2D eigenvalue weighted by Crippen LogP contribution is -2.39. The Labute approximate surface area is 72.6 Å². The van der Waals surface area contributed by atoms with E-state index in [9.17, 15) is 0 Å². The number of alkyl halides is 1. The summed E-state index contributed by atoms with van der Waals surface area (Å²) < 4.78 is 4.84. The smallest absolute Gasteiger partial charge is 0.398 e. The first-order chi connectivity index (χ1) is 5.29. The first kappa shape index (κ1) is 9.32. The molecule has 11 heavy (non-hydrogen) atoms. The summed E-state index contributed by atoms with van der Waals surface area (Å²) in [5.41, 5.74) is 0. The second-order valence-electron chi connectivity index (χ2n) is 2.63. The van der Waals surface area contributed by atoms with Gasteiger partial charge in [0.1, 0.15) is 0 Å². The van der Waals surface area contributed by atoms with Gasteiger partial charge in [-0.25, -0.2) is 0 Å². The fourth-order valence-corrected chi connectivity index (χ4v) is 1.65. The first-order valence-corrected chi connectivity index (χ1v) is 4.10. The van der Waals surface area contributed by atoms with Crippen LogP contribution in [0.4, 0.5) is 0 Å². The van der Waals surface area contributed by atoms with Crippen LogP contribution in [0.2, 0.25) is 0 Å². The lowest BCUT2D eigenvalue weighted by atomic mass is 10.1. The Bertz CT molecular complexity index is 125. The summed E-state index contributed by atoms with van der Waals surface area (Å²) in [4.78, 5) is 1.93. The highest BCUT2D eigenvalue weighted by atomic mass is 35.5. The molecule has 0 amide bonds. The molecule has 1 aliphatic heterocycles. The summed E-state index contributed by atoms with van der Waals surface area (Å²) in [6.07, 6.45) is 0.909. The number of rotatable bonds is 3. The van der Waals surface area contributed by atoms with Crippen LogP contribution in [-0.2, 0) is 4.65 Å². The van der Waals surface area contributed by atoms with Crippen molar-refractivity contribution in [3.05, 3.63) is 0 Å². The van der Waals surface area contributed by atoms with E-state index in [2.05, 4.69) is 0 Å². The van der Waals surface area contributed by atoms with Crippen LogP contribution in [-0.4, -0.2) is 49.2 Å². The Morgan fingerprint density at radius 1 is 1.82 bits per heavy atom. The Morgan fingerprint density at radius 2 is 2.55 bits per heavy atom. The third-order valence-electron chi connectivity index (χ3n) is 1.93. The SMILES string of the molecule is CO[B]N1CCC(Cl)C1CO. The number of halogens is 1. The Kier molecular flexibility index (Phi) is 3.65. The quantitative estimate of drug-likeness (QED) is 0.479. The summed E-state index contributed by atoms with van der Waals surface area (Å²) in [6, 6.07) is 0.0246. The van der Waals surface area contributed by atoms with Crippen molar-refractivity contribution in [1.82, 2.24) is 4.81 Å². The van der Waals surface area contributed by atoms with Gasteiger partial charge in [0.05, 0.1) is 12.0 Å². The number of aliphatic hydroxyl groups is 1.